The first-order chi connectivity index (χ1) is 14.7. The number of nitrogens with zero attached hydrogens (tertiary/aromatic N) is 3. The van der Waals surface area contributed by atoms with E-state index in [2.05, 4.69) is 24.1 Å². The number of sulfonamides is 1. The average Bonchev–Trinajstić information content (AvgIpc) is 3.05. The maximum atomic E-state index is 13.3. The van der Waals surface area contributed by atoms with E-state index >= 15 is 0 Å². The first kappa shape index (κ1) is 22.1. The van der Waals surface area contributed by atoms with Gasteiger partial charge in [-0.1, -0.05) is 6.07 Å². The third-order valence-corrected chi connectivity index (χ3v) is 8.51. The Balaban J connectivity index is 1.52. The second-order valence-corrected chi connectivity index (χ2v) is 11.3. The van der Waals surface area contributed by atoms with E-state index in [0.29, 0.717) is 56.2 Å². The summed E-state index contributed by atoms with van der Waals surface area (Å²) >= 11 is 0. The van der Waals surface area contributed by atoms with Gasteiger partial charge in [0.15, 0.2) is 0 Å². The molecular weight excluding hydrogens is 416 g/mol. The first-order valence-corrected chi connectivity index (χ1v) is 12.7. The minimum atomic E-state index is -3.33. The lowest BCUT2D eigenvalue weighted by Crippen LogP contribution is -2.55. The summed E-state index contributed by atoms with van der Waals surface area (Å²) < 4.78 is 26.3. The molecule has 170 valence electrons. The normalized spacial score (nSPS) is 26.9. The van der Waals surface area contributed by atoms with Gasteiger partial charge in [-0.2, -0.15) is 0 Å². The summed E-state index contributed by atoms with van der Waals surface area (Å²) in [5, 5.41) is 3.19. The van der Waals surface area contributed by atoms with Gasteiger partial charge in [-0.05, 0) is 51.3 Å². The maximum Gasteiger partial charge on any atom is 0.254 e. The molecule has 0 radical (unpaired) electrons. The molecule has 3 aliphatic heterocycles. The Hall–Kier alpha value is -2.13. The molecule has 0 saturated carbocycles. The second-order valence-electron chi connectivity index (χ2n) is 9.27. The SMILES string of the molecule is CC(C)N1CCC(=O)NC2(CCN(C(=O)c3cccc(N4CCCCS4(=O)=O)c3)C2)C1. The van der Waals surface area contributed by atoms with Gasteiger partial charge in [0, 0.05) is 50.7 Å². The van der Waals surface area contributed by atoms with Gasteiger partial charge in [0.05, 0.1) is 17.0 Å². The molecule has 1 unspecified atom stereocenters. The third-order valence-electron chi connectivity index (χ3n) is 6.64. The zero-order valence-electron chi connectivity index (χ0n) is 18.3. The van der Waals surface area contributed by atoms with Crippen LogP contribution in [0.15, 0.2) is 24.3 Å². The van der Waals surface area contributed by atoms with Crippen LogP contribution < -0.4 is 9.62 Å². The summed E-state index contributed by atoms with van der Waals surface area (Å²) in [6, 6.07) is 7.24. The van der Waals surface area contributed by atoms with Crippen LogP contribution in [0.1, 0.15) is 49.9 Å². The van der Waals surface area contributed by atoms with E-state index in [0.717, 1.165) is 19.5 Å². The molecule has 1 atom stereocenters. The van der Waals surface area contributed by atoms with Gasteiger partial charge in [0.1, 0.15) is 0 Å². The predicted octanol–water partition coefficient (Wildman–Crippen LogP) is 1.43. The van der Waals surface area contributed by atoms with E-state index in [1.54, 1.807) is 29.2 Å². The largest absolute Gasteiger partial charge is 0.347 e. The van der Waals surface area contributed by atoms with Crippen LogP contribution in [-0.4, -0.2) is 80.1 Å². The van der Waals surface area contributed by atoms with Crippen molar-refractivity contribution in [3.63, 3.8) is 0 Å². The number of likely N-dealkylation sites (tertiary alicyclic amines) is 1. The van der Waals surface area contributed by atoms with Crippen LogP contribution in [0.5, 0.6) is 0 Å². The molecule has 9 heteroatoms. The van der Waals surface area contributed by atoms with Crippen molar-refractivity contribution in [2.45, 2.75) is 51.1 Å². The molecule has 4 rings (SSSR count). The maximum absolute atomic E-state index is 13.3. The number of hydrogen-bond donors (Lipinski definition) is 1. The number of carbonyl (C=O) groups is 2. The molecule has 1 aromatic rings. The van der Waals surface area contributed by atoms with Crippen LogP contribution in [0.2, 0.25) is 0 Å². The number of hydrogen-bond acceptors (Lipinski definition) is 5. The second kappa shape index (κ2) is 8.43. The fraction of sp³-hybridized carbons (Fsp3) is 0.636. The molecule has 1 aromatic carbocycles. The molecule has 0 aromatic heterocycles. The van der Waals surface area contributed by atoms with E-state index < -0.39 is 15.6 Å². The summed E-state index contributed by atoms with van der Waals surface area (Å²) in [7, 11) is -3.33. The number of benzene rings is 1. The first-order valence-electron chi connectivity index (χ1n) is 11.1. The predicted molar refractivity (Wildman–Crippen MR) is 120 cm³/mol. The minimum absolute atomic E-state index is 0.0368. The van der Waals surface area contributed by atoms with E-state index in [4.69, 9.17) is 0 Å². The van der Waals surface area contributed by atoms with Gasteiger partial charge < -0.3 is 10.2 Å². The molecular formula is C22H32N4O4S. The fourth-order valence-corrected chi connectivity index (χ4v) is 6.52. The zero-order valence-corrected chi connectivity index (χ0v) is 19.2. The van der Waals surface area contributed by atoms with Gasteiger partial charge in [0.2, 0.25) is 15.9 Å². The highest BCUT2D eigenvalue weighted by Gasteiger charge is 2.44. The lowest BCUT2D eigenvalue weighted by Gasteiger charge is -2.35. The van der Waals surface area contributed by atoms with Crippen LogP contribution in [0.4, 0.5) is 5.69 Å². The van der Waals surface area contributed by atoms with Gasteiger partial charge >= 0.3 is 0 Å². The number of anilines is 1. The summed E-state index contributed by atoms with van der Waals surface area (Å²) in [6.07, 6.45) is 2.68. The highest BCUT2D eigenvalue weighted by Crippen LogP contribution is 2.29. The fourth-order valence-electron chi connectivity index (χ4n) is 4.88. The molecule has 3 fully saturated rings. The van der Waals surface area contributed by atoms with E-state index in [-0.39, 0.29) is 17.6 Å². The summed E-state index contributed by atoms with van der Waals surface area (Å²) in [5.74, 6) is 0.0590. The molecule has 1 spiro atoms. The smallest absolute Gasteiger partial charge is 0.254 e. The Bertz CT molecular complexity index is 964. The number of amides is 2. The Morgan fingerprint density at radius 2 is 1.94 bits per heavy atom. The topological polar surface area (TPSA) is 90.0 Å². The van der Waals surface area contributed by atoms with Crippen LogP contribution in [0.25, 0.3) is 0 Å². The molecule has 31 heavy (non-hydrogen) atoms. The van der Waals surface area contributed by atoms with Crippen molar-refractivity contribution in [1.29, 1.82) is 0 Å². The molecule has 3 heterocycles. The Morgan fingerprint density at radius 3 is 2.68 bits per heavy atom. The standard InChI is InChI=1S/C22H32N4O4S/c1-17(2)24-11-8-20(27)23-22(15-24)9-12-25(16-22)21(28)18-6-5-7-19(14-18)26-10-3-4-13-31(26,29)30/h5-7,14,17H,3-4,8-13,15-16H2,1-2H3,(H,23,27). The van der Waals surface area contributed by atoms with Crippen LogP contribution in [0.3, 0.4) is 0 Å². The molecule has 0 bridgehead atoms. The molecule has 3 saturated heterocycles. The molecule has 1 N–H and O–H groups in total. The van der Waals surface area contributed by atoms with Crippen molar-refractivity contribution < 1.29 is 18.0 Å². The van der Waals surface area contributed by atoms with Crippen molar-refractivity contribution in [1.82, 2.24) is 15.1 Å². The summed E-state index contributed by atoms with van der Waals surface area (Å²) in [6.45, 7) is 7.19. The lowest BCUT2D eigenvalue weighted by molar-refractivity contribution is -0.122. The van der Waals surface area contributed by atoms with Crippen molar-refractivity contribution in [2.24, 2.45) is 0 Å². The third kappa shape index (κ3) is 4.57. The number of carbonyl (C=O) groups excluding carboxylic acids is 2. The Morgan fingerprint density at radius 1 is 1.13 bits per heavy atom. The van der Waals surface area contributed by atoms with Crippen LogP contribution in [0, 0.1) is 0 Å². The van der Waals surface area contributed by atoms with Crippen molar-refractivity contribution in [3.05, 3.63) is 29.8 Å². The van der Waals surface area contributed by atoms with Crippen molar-refractivity contribution in [3.8, 4) is 0 Å². The van der Waals surface area contributed by atoms with E-state index in [1.807, 2.05) is 0 Å². The highest BCUT2D eigenvalue weighted by atomic mass is 32.2. The van der Waals surface area contributed by atoms with E-state index in [1.165, 1.54) is 4.31 Å². The Labute approximate surface area is 184 Å². The lowest BCUT2D eigenvalue weighted by atomic mass is 9.97. The van der Waals surface area contributed by atoms with Gasteiger partial charge in [-0.15, -0.1) is 0 Å². The number of nitrogens with one attached hydrogen (secondary N) is 1. The monoisotopic (exact) mass is 448 g/mol. The molecule has 8 nitrogen and oxygen atoms in total. The molecule has 3 aliphatic rings. The number of rotatable bonds is 3. The molecule has 0 aliphatic carbocycles. The van der Waals surface area contributed by atoms with Crippen molar-refractivity contribution in [2.75, 3.05) is 42.8 Å². The van der Waals surface area contributed by atoms with Gasteiger partial charge in [0.25, 0.3) is 5.91 Å². The van der Waals surface area contributed by atoms with Gasteiger partial charge in [-0.25, -0.2) is 8.42 Å². The minimum Gasteiger partial charge on any atom is -0.347 e. The average molecular weight is 449 g/mol. The zero-order chi connectivity index (χ0) is 22.2. The summed E-state index contributed by atoms with van der Waals surface area (Å²) in [4.78, 5) is 29.7. The quantitative estimate of drug-likeness (QED) is 0.756. The Kier molecular flexibility index (Phi) is 6.00. The van der Waals surface area contributed by atoms with Crippen molar-refractivity contribution >= 4 is 27.5 Å². The van der Waals surface area contributed by atoms with E-state index in [9.17, 15) is 18.0 Å². The van der Waals surface area contributed by atoms with Gasteiger partial charge in [-0.3, -0.25) is 18.8 Å². The van der Waals surface area contributed by atoms with Crippen LogP contribution in [-0.2, 0) is 14.8 Å². The summed E-state index contributed by atoms with van der Waals surface area (Å²) in [5.41, 5.74) is 0.602. The van der Waals surface area contributed by atoms with Crippen LogP contribution >= 0.6 is 0 Å². The highest BCUT2D eigenvalue weighted by molar-refractivity contribution is 7.92. The molecule has 2 amide bonds.